The Morgan fingerprint density at radius 2 is 2.00 bits per heavy atom. The molecule has 1 aromatic rings. The smallest absolute Gasteiger partial charge is 0.0320 e. The van der Waals surface area contributed by atoms with Gasteiger partial charge in [-0.15, -0.1) is 0 Å². The standard InChI is InChI=1S/C14H21N/c1-10-4-7-13(8-11(10)2)14(15-3)9-12-5-6-12/h4,7-8,12,14-15H,5-6,9H2,1-3H3. The van der Waals surface area contributed by atoms with Gasteiger partial charge in [-0.3, -0.25) is 0 Å². The van der Waals surface area contributed by atoms with E-state index >= 15 is 0 Å². The molecule has 2 rings (SSSR count). The molecule has 1 atom stereocenters. The van der Waals surface area contributed by atoms with Gasteiger partial charge < -0.3 is 5.32 Å². The van der Waals surface area contributed by atoms with Crippen LogP contribution in [0, 0.1) is 19.8 Å². The molecule has 0 heterocycles. The lowest BCUT2D eigenvalue weighted by molar-refractivity contribution is 0.514. The summed E-state index contributed by atoms with van der Waals surface area (Å²) in [5.41, 5.74) is 4.25. The predicted octanol–water partition coefficient (Wildman–Crippen LogP) is 3.36. The molecular weight excluding hydrogens is 182 g/mol. The third-order valence-electron chi connectivity index (χ3n) is 3.55. The molecule has 0 bridgehead atoms. The summed E-state index contributed by atoms with van der Waals surface area (Å²) in [7, 11) is 2.07. The van der Waals surface area contributed by atoms with Gasteiger partial charge in [0.2, 0.25) is 0 Å². The highest BCUT2D eigenvalue weighted by Gasteiger charge is 2.25. The molecule has 1 aliphatic rings. The van der Waals surface area contributed by atoms with E-state index in [1.165, 1.54) is 36.0 Å². The highest BCUT2D eigenvalue weighted by Crippen LogP contribution is 2.37. The molecule has 15 heavy (non-hydrogen) atoms. The van der Waals surface area contributed by atoms with Crippen molar-refractivity contribution in [1.82, 2.24) is 5.32 Å². The van der Waals surface area contributed by atoms with Gasteiger partial charge in [0.05, 0.1) is 0 Å². The molecule has 1 fully saturated rings. The second-order valence-electron chi connectivity index (χ2n) is 4.86. The Morgan fingerprint density at radius 3 is 2.53 bits per heavy atom. The number of hydrogen-bond acceptors (Lipinski definition) is 1. The summed E-state index contributed by atoms with van der Waals surface area (Å²) in [6.07, 6.45) is 4.17. The first-order chi connectivity index (χ1) is 7.20. The molecule has 1 aliphatic carbocycles. The van der Waals surface area contributed by atoms with Crippen LogP contribution in [-0.4, -0.2) is 7.05 Å². The SMILES string of the molecule is CNC(CC1CC1)c1ccc(C)c(C)c1. The van der Waals surface area contributed by atoms with E-state index in [1.807, 2.05) is 0 Å². The molecular formula is C14H21N. The zero-order chi connectivity index (χ0) is 10.8. The van der Waals surface area contributed by atoms with E-state index in [2.05, 4.69) is 44.4 Å². The first-order valence-electron chi connectivity index (χ1n) is 5.95. The lowest BCUT2D eigenvalue weighted by Crippen LogP contribution is -2.17. The van der Waals surface area contributed by atoms with E-state index in [-0.39, 0.29) is 0 Å². The number of hydrogen-bond donors (Lipinski definition) is 1. The minimum atomic E-state index is 0.553. The Bertz CT molecular complexity index is 339. The Kier molecular flexibility index (Phi) is 3.11. The molecule has 1 saturated carbocycles. The van der Waals surface area contributed by atoms with Crippen LogP contribution in [0.3, 0.4) is 0 Å². The highest BCUT2D eigenvalue weighted by atomic mass is 14.9. The van der Waals surface area contributed by atoms with Gasteiger partial charge in [0.15, 0.2) is 0 Å². The fraction of sp³-hybridized carbons (Fsp3) is 0.571. The number of rotatable bonds is 4. The first-order valence-corrected chi connectivity index (χ1v) is 5.95. The van der Waals surface area contributed by atoms with Crippen molar-refractivity contribution in [2.45, 2.75) is 39.2 Å². The van der Waals surface area contributed by atoms with Gasteiger partial charge in [-0.05, 0) is 49.9 Å². The van der Waals surface area contributed by atoms with Crippen LogP contribution in [0.15, 0.2) is 18.2 Å². The van der Waals surface area contributed by atoms with Crippen molar-refractivity contribution in [2.75, 3.05) is 7.05 Å². The Labute approximate surface area is 92.9 Å². The average molecular weight is 203 g/mol. The van der Waals surface area contributed by atoms with Gasteiger partial charge in [0.1, 0.15) is 0 Å². The second-order valence-corrected chi connectivity index (χ2v) is 4.86. The van der Waals surface area contributed by atoms with E-state index in [0.29, 0.717) is 6.04 Å². The Hall–Kier alpha value is -0.820. The zero-order valence-corrected chi connectivity index (χ0v) is 10.0. The largest absolute Gasteiger partial charge is 0.313 e. The van der Waals surface area contributed by atoms with Crippen molar-refractivity contribution in [3.63, 3.8) is 0 Å². The molecule has 1 unspecified atom stereocenters. The van der Waals surface area contributed by atoms with Crippen molar-refractivity contribution in [1.29, 1.82) is 0 Å². The van der Waals surface area contributed by atoms with E-state index in [9.17, 15) is 0 Å². The van der Waals surface area contributed by atoms with Gasteiger partial charge in [0, 0.05) is 6.04 Å². The van der Waals surface area contributed by atoms with E-state index in [4.69, 9.17) is 0 Å². The molecule has 0 spiro atoms. The molecule has 0 radical (unpaired) electrons. The molecule has 0 aliphatic heterocycles. The van der Waals surface area contributed by atoms with Crippen LogP contribution < -0.4 is 5.32 Å². The van der Waals surface area contributed by atoms with Crippen molar-refractivity contribution in [2.24, 2.45) is 5.92 Å². The topological polar surface area (TPSA) is 12.0 Å². The summed E-state index contributed by atoms with van der Waals surface area (Å²) in [6.45, 7) is 4.37. The van der Waals surface area contributed by atoms with Crippen LogP contribution in [0.25, 0.3) is 0 Å². The minimum absolute atomic E-state index is 0.553. The summed E-state index contributed by atoms with van der Waals surface area (Å²) >= 11 is 0. The van der Waals surface area contributed by atoms with Gasteiger partial charge in [0.25, 0.3) is 0 Å². The predicted molar refractivity (Wildman–Crippen MR) is 65.1 cm³/mol. The summed E-state index contributed by atoms with van der Waals surface area (Å²) in [6, 6.07) is 7.39. The summed E-state index contributed by atoms with van der Waals surface area (Å²) in [5, 5.41) is 3.44. The molecule has 0 amide bonds. The van der Waals surface area contributed by atoms with Gasteiger partial charge in [-0.2, -0.15) is 0 Å². The van der Waals surface area contributed by atoms with E-state index in [0.717, 1.165) is 5.92 Å². The summed E-state index contributed by atoms with van der Waals surface area (Å²) in [4.78, 5) is 0. The summed E-state index contributed by atoms with van der Waals surface area (Å²) < 4.78 is 0. The molecule has 1 nitrogen and oxygen atoms in total. The van der Waals surface area contributed by atoms with E-state index < -0.39 is 0 Å². The lowest BCUT2D eigenvalue weighted by atomic mass is 9.97. The third kappa shape index (κ3) is 2.60. The van der Waals surface area contributed by atoms with Gasteiger partial charge in [-0.25, -0.2) is 0 Å². The van der Waals surface area contributed by atoms with Crippen molar-refractivity contribution >= 4 is 0 Å². The van der Waals surface area contributed by atoms with E-state index in [1.54, 1.807) is 0 Å². The van der Waals surface area contributed by atoms with Crippen LogP contribution in [0.2, 0.25) is 0 Å². The number of benzene rings is 1. The van der Waals surface area contributed by atoms with Crippen molar-refractivity contribution < 1.29 is 0 Å². The lowest BCUT2D eigenvalue weighted by Gasteiger charge is -2.17. The number of nitrogens with one attached hydrogen (secondary N) is 1. The highest BCUT2D eigenvalue weighted by molar-refractivity contribution is 5.31. The quantitative estimate of drug-likeness (QED) is 0.791. The van der Waals surface area contributed by atoms with Crippen LogP contribution in [-0.2, 0) is 0 Å². The summed E-state index contributed by atoms with van der Waals surface area (Å²) in [5.74, 6) is 0.976. The molecule has 1 aromatic carbocycles. The van der Waals surface area contributed by atoms with Crippen LogP contribution in [0.4, 0.5) is 0 Å². The fourth-order valence-corrected chi connectivity index (χ4v) is 2.09. The normalized spacial score (nSPS) is 17.8. The number of aryl methyl sites for hydroxylation is 2. The zero-order valence-electron chi connectivity index (χ0n) is 10.0. The molecule has 82 valence electrons. The maximum absolute atomic E-state index is 3.44. The maximum Gasteiger partial charge on any atom is 0.0320 e. The third-order valence-corrected chi connectivity index (χ3v) is 3.55. The van der Waals surface area contributed by atoms with Crippen molar-refractivity contribution in [3.8, 4) is 0 Å². The Balaban J connectivity index is 2.13. The molecule has 0 saturated heterocycles. The van der Waals surface area contributed by atoms with Crippen LogP contribution in [0.5, 0.6) is 0 Å². The molecule has 1 heteroatoms. The monoisotopic (exact) mass is 203 g/mol. The van der Waals surface area contributed by atoms with Gasteiger partial charge in [-0.1, -0.05) is 31.0 Å². The van der Waals surface area contributed by atoms with Crippen LogP contribution in [0.1, 0.15) is 42.0 Å². The minimum Gasteiger partial charge on any atom is -0.313 e. The molecule has 0 aromatic heterocycles. The molecule has 1 N–H and O–H groups in total. The Morgan fingerprint density at radius 1 is 1.27 bits per heavy atom. The van der Waals surface area contributed by atoms with Crippen molar-refractivity contribution in [3.05, 3.63) is 34.9 Å². The maximum atomic E-state index is 3.44. The first kappa shape index (κ1) is 10.7. The fourth-order valence-electron chi connectivity index (χ4n) is 2.09. The second kappa shape index (κ2) is 4.36. The van der Waals surface area contributed by atoms with Gasteiger partial charge >= 0.3 is 0 Å². The average Bonchev–Trinajstić information content (AvgIpc) is 3.02. The van der Waals surface area contributed by atoms with Crippen LogP contribution >= 0.6 is 0 Å².